The predicted molar refractivity (Wildman–Crippen MR) is 50.4 cm³/mol. The summed E-state index contributed by atoms with van der Waals surface area (Å²) in [6.07, 6.45) is 1.49. The van der Waals surface area contributed by atoms with Crippen molar-refractivity contribution >= 4 is 0 Å². The number of nitrogens with one attached hydrogen (secondary N) is 2. The van der Waals surface area contributed by atoms with E-state index in [1.165, 1.54) is 6.33 Å². The number of nitrogens with zero attached hydrogens (tertiary/aromatic N) is 2. The lowest BCUT2D eigenvalue weighted by Gasteiger charge is -1.98. The van der Waals surface area contributed by atoms with Crippen molar-refractivity contribution in [1.29, 1.82) is 0 Å². The summed E-state index contributed by atoms with van der Waals surface area (Å²) in [6.45, 7) is 3.30. The van der Waals surface area contributed by atoms with Crippen LogP contribution in [0.25, 0.3) is 0 Å². The summed E-state index contributed by atoms with van der Waals surface area (Å²) in [5.41, 5.74) is 0. The highest BCUT2D eigenvalue weighted by Gasteiger charge is 1.98. The summed E-state index contributed by atoms with van der Waals surface area (Å²) in [5, 5.41) is 9.72. The fourth-order valence-corrected chi connectivity index (χ4v) is 1.20. The maximum Gasteiger partial charge on any atom is 0.138 e. The molecule has 0 radical (unpaired) electrons. The molecule has 0 atom stereocenters. The molecule has 0 unspecified atom stereocenters. The molecule has 0 bridgehead atoms. The number of rotatable bonds is 4. The molecule has 0 fully saturated rings. The van der Waals surface area contributed by atoms with E-state index in [9.17, 15) is 0 Å². The van der Waals surface area contributed by atoms with Gasteiger partial charge in [0, 0.05) is 0 Å². The zero-order chi connectivity index (χ0) is 9.80. The molecule has 0 aliphatic heterocycles. The van der Waals surface area contributed by atoms with Crippen LogP contribution in [0.3, 0.4) is 0 Å². The molecule has 74 valence electrons. The summed E-state index contributed by atoms with van der Waals surface area (Å²) in [5.74, 6) is 2.69. The summed E-state index contributed by atoms with van der Waals surface area (Å²) < 4.78 is 5.39. The molecule has 2 aromatic rings. The van der Waals surface area contributed by atoms with Crippen LogP contribution < -0.4 is 5.32 Å². The zero-order valence-electron chi connectivity index (χ0n) is 7.95. The van der Waals surface area contributed by atoms with Crippen molar-refractivity contribution in [2.45, 2.75) is 20.0 Å². The van der Waals surface area contributed by atoms with Gasteiger partial charge in [-0.3, -0.25) is 5.10 Å². The van der Waals surface area contributed by atoms with E-state index < -0.39 is 0 Å². The van der Waals surface area contributed by atoms with Crippen molar-refractivity contribution in [2.75, 3.05) is 0 Å². The number of furan rings is 1. The van der Waals surface area contributed by atoms with Crippen molar-refractivity contribution in [3.8, 4) is 0 Å². The van der Waals surface area contributed by atoms with E-state index in [1.54, 1.807) is 0 Å². The van der Waals surface area contributed by atoms with Gasteiger partial charge >= 0.3 is 0 Å². The van der Waals surface area contributed by atoms with Crippen LogP contribution >= 0.6 is 0 Å². The Morgan fingerprint density at radius 3 is 3.00 bits per heavy atom. The van der Waals surface area contributed by atoms with Gasteiger partial charge < -0.3 is 9.73 Å². The van der Waals surface area contributed by atoms with E-state index in [0.717, 1.165) is 17.3 Å². The lowest BCUT2D eigenvalue weighted by molar-refractivity contribution is 0.460. The minimum Gasteiger partial charge on any atom is -0.465 e. The zero-order valence-corrected chi connectivity index (χ0v) is 7.95. The molecule has 0 saturated heterocycles. The van der Waals surface area contributed by atoms with Gasteiger partial charge in [-0.2, -0.15) is 5.10 Å². The molecular formula is C9H12N4O. The number of hydrogen-bond donors (Lipinski definition) is 2. The van der Waals surface area contributed by atoms with E-state index in [2.05, 4.69) is 20.5 Å². The fourth-order valence-electron chi connectivity index (χ4n) is 1.20. The number of hydrogen-bond acceptors (Lipinski definition) is 4. The van der Waals surface area contributed by atoms with Gasteiger partial charge in [-0.05, 0) is 19.1 Å². The maximum atomic E-state index is 5.39. The molecule has 0 saturated carbocycles. The maximum absolute atomic E-state index is 5.39. The Hall–Kier alpha value is -1.62. The molecule has 5 heteroatoms. The number of aromatic nitrogens is 3. The van der Waals surface area contributed by atoms with Gasteiger partial charge in [0.05, 0.1) is 13.1 Å². The highest BCUT2D eigenvalue weighted by Crippen LogP contribution is 2.05. The lowest BCUT2D eigenvalue weighted by Crippen LogP contribution is -2.13. The number of aryl methyl sites for hydroxylation is 1. The van der Waals surface area contributed by atoms with Crippen LogP contribution in [0, 0.1) is 6.92 Å². The normalized spacial score (nSPS) is 10.6. The molecule has 0 aliphatic carbocycles. The molecule has 14 heavy (non-hydrogen) atoms. The van der Waals surface area contributed by atoms with Gasteiger partial charge in [0.1, 0.15) is 23.7 Å². The van der Waals surface area contributed by atoms with E-state index in [4.69, 9.17) is 4.42 Å². The van der Waals surface area contributed by atoms with Gasteiger partial charge in [0.25, 0.3) is 0 Å². The van der Waals surface area contributed by atoms with Crippen molar-refractivity contribution in [3.63, 3.8) is 0 Å². The summed E-state index contributed by atoms with van der Waals surface area (Å²) in [7, 11) is 0. The molecular weight excluding hydrogens is 180 g/mol. The minimum atomic E-state index is 0.666. The van der Waals surface area contributed by atoms with Crippen LogP contribution in [0.15, 0.2) is 22.9 Å². The molecule has 2 aromatic heterocycles. The first-order valence-electron chi connectivity index (χ1n) is 4.45. The van der Waals surface area contributed by atoms with Gasteiger partial charge in [-0.1, -0.05) is 0 Å². The van der Waals surface area contributed by atoms with Gasteiger partial charge in [-0.25, -0.2) is 4.98 Å². The SMILES string of the molecule is Cc1ccc(CNCc2ncn[nH]2)o1. The Bertz CT molecular complexity index is 379. The molecule has 0 spiro atoms. The Morgan fingerprint density at radius 1 is 1.43 bits per heavy atom. The van der Waals surface area contributed by atoms with E-state index in [1.807, 2.05) is 19.1 Å². The Morgan fingerprint density at radius 2 is 2.36 bits per heavy atom. The van der Waals surface area contributed by atoms with Crippen LogP contribution in [-0.4, -0.2) is 15.2 Å². The molecule has 2 rings (SSSR count). The van der Waals surface area contributed by atoms with Crippen LogP contribution in [0.4, 0.5) is 0 Å². The average molecular weight is 192 g/mol. The molecule has 2 heterocycles. The first-order chi connectivity index (χ1) is 6.84. The van der Waals surface area contributed by atoms with Crippen LogP contribution in [0.1, 0.15) is 17.3 Å². The third-order valence-corrected chi connectivity index (χ3v) is 1.85. The second-order valence-electron chi connectivity index (χ2n) is 3.05. The summed E-state index contributed by atoms with van der Waals surface area (Å²) in [6, 6.07) is 3.91. The molecule has 2 N–H and O–H groups in total. The molecule has 0 aliphatic rings. The van der Waals surface area contributed by atoms with Crippen molar-refractivity contribution in [3.05, 3.63) is 35.8 Å². The monoisotopic (exact) mass is 192 g/mol. The predicted octanol–water partition coefficient (Wildman–Crippen LogP) is 0.996. The Kier molecular flexibility index (Phi) is 2.60. The van der Waals surface area contributed by atoms with Gasteiger partial charge in [-0.15, -0.1) is 0 Å². The van der Waals surface area contributed by atoms with Gasteiger partial charge in [0.2, 0.25) is 0 Å². The van der Waals surface area contributed by atoms with Crippen molar-refractivity contribution in [1.82, 2.24) is 20.5 Å². The van der Waals surface area contributed by atoms with Crippen molar-refractivity contribution in [2.24, 2.45) is 0 Å². The summed E-state index contributed by atoms with van der Waals surface area (Å²) >= 11 is 0. The van der Waals surface area contributed by atoms with Gasteiger partial charge in [0.15, 0.2) is 0 Å². The van der Waals surface area contributed by atoms with Crippen LogP contribution in [-0.2, 0) is 13.1 Å². The standard InChI is InChI=1S/C9H12N4O/c1-7-2-3-8(14-7)4-10-5-9-11-6-12-13-9/h2-3,6,10H,4-5H2,1H3,(H,11,12,13). The van der Waals surface area contributed by atoms with Crippen LogP contribution in [0.2, 0.25) is 0 Å². The third kappa shape index (κ3) is 2.20. The van der Waals surface area contributed by atoms with E-state index in [-0.39, 0.29) is 0 Å². The second-order valence-corrected chi connectivity index (χ2v) is 3.05. The molecule has 5 nitrogen and oxygen atoms in total. The number of H-pyrrole nitrogens is 1. The van der Waals surface area contributed by atoms with Crippen LogP contribution in [0.5, 0.6) is 0 Å². The van der Waals surface area contributed by atoms with E-state index >= 15 is 0 Å². The smallest absolute Gasteiger partial charge is 0.138 e. The summed E-state index contributed by atoms with van der Waals surface area (Å²) in [4.78, 5) is 3.99. The highest BCUT2D eigenvalue weighted by molar-refractivity contribution is 5.05. The fraction of sp³-hybridized carbons (Fsp3) is 0.333. The number of aromatic amines is 1. The van der Waals surface area contributed by atoms with Crippen molar-refractivity contribution < 1.29 is 4.42 Å². The topological polar surface area (TPSA) is 66.7 Å². The van der Waals surface area contributed by atoms with E-state index in [0.29, 0.717) is 13.1 Å². The second kappa shape index (κ2) is 4.06. The average Bonchev–Trinajstić information content (AvgIpc) is 2.77. The Labute approximate surface area is 81.5 Å². The first-order valence-corrected chi connectivity index (χ1v) is 4.45. The molecule has 0 amide bonds. The quantitative estimate of drug-likeness (QED) is 0.758. The minimum absolute atomic E-state index is 0.666. The lowest BCUT2D eigenvalue weighted by atomic mass is 10.4. The Balaban J connectivity index is 1.78. The first kappa shape index (κ1) is 8.96. The third-order valence-electron chi connectivity index (χ3n) is 1.85. The largest absolute Gasteiger partial charge is 0.465 e. The highest BCUT2D eigenvalue weighted by atomic mass is 16.3. The molecule has 0 aromatic carbocycles.